The lowest BCUT2D eigenvalue weighted by Crippen LogP contribution is -2.87. The summed E-state index contributed by atoms with van der Waals surface area (Å²) in [5, 5.41) is 24.9. The van der Waals surface area contributed by atoms with Gasteiger partial charge in [-0.25, -0.2) is 0 Å². The fourth-order valence-corrected chi connectivity index (χ4v) is 9.03. The molecule has 38 heavy (non-hydrogen) atoms. The molecule has 8 atom stereocenters. The highest BCUT2D eigenvalue weighted by atomic mass is 35.5. The van der Waals surface area contributed by atoms with Crippen molar-refractivity contribution in [1.29, 1.82) is 0 Å². The minimum Gasteiger partial charge on any atom is -0.456 e. The lowest BCUT2D eigenvalue weighted by atomic mass is 9.40. The fourth-order valence-electron chi connectivity index (χ4n) is 7.45. The first-order chi connectivity index (χ1) is 17.1. The molecular weight excluding hydrogens is 524 g/mol. The number of alkyl halides is 1. The summed E-state index contributed by atoms with van der Waals surface area (Å²) in [7, 11) is -2.37. The van der Waals surface area contributed by atoms with Crippen LogP contribution in [0, 0.1) is 16.7 Å². The van der Waals surface area contributed by atoms with E-state index in [1.54, 1.807) is 13.8 Å². The molecule has 0 radical (unpaired) electrons. The Morgan fingerprint density at radius 2 is 1.82 bits per heavy atom. The number of aliphatic hydroxyl groups is 2. The van der Waals surface area contributed by atoms with Gasteiger partial charge < -0.3 is 24.1 Å². The SMILES string of the molecule is C=C[C@@]1(C)CC(=O)[C@]2(O)[C@@]3(C)[C@@H](O[Si](C)(C)C(C)(C)C)CCC(C)(C)[C@@H]3[C@H](O)[C@H](OC(=O)CCCl)[C@@]2(C)O1. The van der Waals surface area contributed by atoms with E-state index in [4.69, 9.17) is 25.5 Å². The molecule has 218 valence electrons. The van der Waals surface area contributed by atoms with Gasteiger partial charge in [0.2, 0.25) is 0 Å². The van der Waals surface area contributed by atoms with Crippen LogP contribution in [0.5, 0.6) is 0 Å². The Bertz CT molecular complexity index is 976. The van der Waals surface area contributed by atoms with Crippen LogP contribution in [0.3, 0.4) is 0 Å². The van der Waals surface area contributed by atoms with E-state index in [1.165, 1.54) is 6.08 Å². The highest BCUT2D eigenvalue weighted by Crippen LogP contribution is 2.68. The Kier molecular flexibility index (Phi) is 8.07. The average Bonchev–Trinajstić information content (AvgIpc) is 2.76. The molecule has 7 nitrogen and oxygen atoms in total. The molecule has 1 saturated heterocycles. The molecule has 0 aromatic carbocycles. The Labute approximate surface area is 234 Å². The third kappa shape index (κ3) is 4.46. The molecule has 9 heteroatoms. The van der Waals surface area contributed by atoms with E-state index in [2.05, 4.69) is 40.4 Å². The largest absolute Gasteiger partial charge is 0.456 e. The molecule has 0 aromatic rings. The second-order valence-electron chi connectivity index (χ2n) is 14.5. The van der Waals surface area contributed by atoms with E-state index in [0.29, 0.717) is 12.8 Å². The van der Waals surface area contributed by atoms with Crippen molar-refractivity contribution in [3.8, 4) is 0 Å². The predicted molar refractivity (Wildman–Crippen MR) is 151 cm³/mol. The molecule has 2 aliphatic carbocycles. The number of ether oxygens (including phenoxy) is 2. The van der Waals surface area contributed by atoms with Gasteiger partial charge in [-0.15, -0.1) is 18.2 Å². The predicted octanol–water partition coefficient (Wildman–Crippen LogP) is 5.16. The maximum Gasteiger partial charge on any atom is 0.307 e. The lowest BCUT2D eigenvalue weighted by molar-refractivity contribution is -0.369. The Balaban J connectivity index is 2.32. The van der Waals surface area contributed by atoms with E-state index in [9.17, 15) is 19.8 Å². The highest BCUT2D eigenvalue weighted by Gasteiger charge is 2.81. The molecule has 3 rings (SSSR count). The normalized spacial score (nSPS) is 43.1. The average molecular weight is 573 g/mol. The number of aliphatic hydroxyl groups excluding tert-OH is 1. The van der Waals surface area contributed by atoms with E-state index in [1.807, 2.05) is 20.8 Å². The third-order valence-corrected chi connectivity index (χ3v) is 15.2. The molecule has 1 aliphatic heterocycles. The zero-order valence-electron chi connectivity index (χ0n) is 24.9. The summed E-state index contributed by atoms with van der Waals surface area (Å²) in [5.74, 6) is -1.64. The smallest absolute Gasteiger partial charge is 0.307 e. The van der Waals surface area contributed by atoms with Crippen LogP contribution < -0.4 is 0 Å². The van der Waals surface area contributed by atoms with Gasteiger partial charge in [-0.3, -0.25) is 9.59 Å². The van der Waals surface area contributed by atoms with Gasteiger partial charge in [-0.05, 0) is 50.2 Å². The van der Waals surface area contributed by atoms with Gasteiger partial charge in [0.1, 0.15) is 5.60 Å². The molecule has 3 aliphatic rings. The van der Waals surface area contributed by atoms with Crippen molar-refractivity contribution in [2.45, 2.75) is 134 Å². The van der Waals surface area contributed by atoms with Gasteiger partial charge >= 0.3 is 5.97 Å². The van der Waals surface area contributed by atoms with Crippen molar-refractivity contribution >= 4 is 31.7 Å². The van der Waals surface area contributed by atoms with Crippen LogP contribution in [-0.4, -0.2) is 71.3 Å². The summed E-state index contributed by atoms with van der Waals surface area (Å²) in [5.41, 5.74) is -6.77. The van der Waals surface area contributed by atoms with Crippen LogP contribution in [-0.2, 0) is 23.5 Å². The zero-order chi connectivity index (χ0) is 29.3. The quantitative estimate of drug-likeness (QED) is 0.196. The van der Waals surface area contributed by atoms with E-state index in [-0.39, 0.29) is 23.8 Å². The molecule has 3 fully saturated rings. The number of halogens is 1. The molecule has 0 bridgehead atoms. The van der Waals surface area contributed by atoms with Gasteiger partial charge in [-0.2, -0.15) is 0 Å². The standard InChI is InChI=1S/C29H49ClO7Si/c1-12-26(7)17-18(31)29(34)27(8)19(36-38(10,11)24(2,3)4)13-15-25(5,6)22(27)21(33)23(28(29,9)37-26)35-20(32)14-16-30/h12,19,21-23,33-34H,1,13-17H2,2-11H3/t19-,21-,22-,23-,26-,27-,28+,29-/m0/s1. The summed E-state index contributed by atoms with van der Waals surface area (Å²) in [6.07, 6.45) is -0.395. The topological polar surface area (TPSA) is 102 Å². The van der Waals surface area contributed by atoms with Crippen molar-refractivity contribution in [2.75, 3.05) is 5.88 Å². The van der Waals surface area contributed by atoms with E-state index >= 15 is 0 Å². The number of carbonyl (C=O) groups is 2. The number of rotatable bonds is 6. The summed E-state index contributed by atoms with van der Waals surface area (Å²) in [6, 6.07) is 0. The zero-order valence-corrected chi connectivity index (χ0v) is 26.7. The molecule has 0 aromatic heterocycles. The van der Waals surface area contributed by atoms with Gasteiger partial charge in [0, 0.05) is 23.6 Å². The molecular formula is C29H49ClO7Si. The number of fused-ring (bicyclic) bond motifs is 3. The maximum absolute atomic E-state index is 14.3. The van der Waals surface area contributed by atoms with Crippen LogP contribution >= 0.6 is 11.6 Å². The number of hydrogen-bond acceptors (Lipinski definition) is 7. The second kappa shape index (κ2) is 9.66. The first kappa shape index (κ1) is 31.8. The second-order valence-corrected chi connectivity index (χ2v) is 19.7. The Hall–Kier alpha value is -0.773. The Morgan fingerprint density at radius 1 is 1.24 bits per heavy atom. The highest BCUT2D eigenvalue weighted by molar-refractivity contribution is 6.74. The summed E-state index contributed by atoms with van der Waals surface area (Å²) in [4.78, 5) is 27.1. The number of carbonyl (C=O) groups excluding carboxylic acids is 2. The molecule has 2 N–H and O–H groups in total. The molecule has 0 amide bonds. The summed E-state index contributed by atoms with van der Waals surface area (Å²) in [6.45, 7) is 23.9. The first-order valence-electron chi connectivity index (χ1n) is 13.8. The molecule has 2 saturated carbocycles. The van der Waals surface area contributed by atoms with Crippen LogP contribution in [0.4, 0.5) is 0 Å². The minimum absolute atomic E-state index is 0.0435. The van der Waals surface area contributed by atoms with Crippen molar-refractivity contribution in [2.24, 2.45) is 16.7 Å². The minimum atomic E-state index is -2.37. The Morgan fingerprint density at radius 3 is 2.32 bits per heavy atom. The van der Waals surface area contributed by atoms with Crippen LogP contribution in [0.15, 0.2) is 12.7 Å². The van der Waals surface area contributed by atoms with Crippen molar-refractivity contribution < 1.29 is 33.7 Å². The number of Topliss-reactive ketones (excluding diaryl/α,β-unsaturated/α-hetero) is 1. The van der Waals surface area contributed by atoms with Gasteiger partial charge in [-0.1, -0.05) is 47.6 Å². The monoisotopic (exact) mass is 572 g/mol. The van der Waals surface area contributed by atoms with Crippen molar-refractivity contribution in [3.05, 3.63) is 12.7 Å². The summed E-state index contributed by atoms with van der Waals surface area (Å²) >= 11 is 5.81. The number of ketones is 1. The van der Waals surface area contributed by atoms with E-state index < -0.39 is 71.9 Å². The molecule has 1 heterocycles. The third-order valence-electron chi connectivity index (χ3n) is 10.5. The van der Waals surface area contributed by atoms with Gasteiger partial charge in [0.05, 0.1) is 24.2 Å². The maximum atomic E-state index is 14.3. The van der Waals surface area contributed by atoms with Crippen molar-refractivity contribution in [3.63, 3.8) is 0 Å². The molecule has 0 unspecified atom stereocenters. The first-order valence-corrected chi connectivity index (χ1v) is 17.2. The number of hydrogen-bond donors (Lipinski definition) is 2. The molecule has 0 spiro atoms. The lowest BCUT2D eigenvalue weighted by Gasteiger charge is -2.72. The van der Waals surface area contributed by atoms with Crippen LogP contribution in [0.1, 0.15) is 81.1 Å². The van der Waals surface area contributed by atoms with Crippen LogP contribution in [0.2, 0.25) is 18.1 Å². The van der Waals surface area contributed by atoms with E-state index in [0.717, 1.165) is 0 Å². The fraction of sp³-hybridized carbons (Fsp3) is 0.862. The van der Waals surface area contributed by atoms with Gasteiger partial charge in [0.25, 0.3) is 0 Å². The van der Waals surface area contributed by atoms with Gasteiger partial charge in [0.15, 0.2) is 25.8 Å². The van der Waals surface area contributed by atoms with Crippen molar-refractivity contribution in [1.82, 2.24) is 0 Å². The van der Waals surface area contributed by atoms with Crippen LogP contribution in [0.25, 0.3) is 0 Å². The summed E-state index contributed by atoms with van der Waals surface area (Å²) < 4.78 is 19.5. The number of esters is 1.